The number of non-ortho nitro benzene ring substituents is 1. The summed E-state index contributed by atoms with van der Waals surface area (Å²) in [5, 5.41) is 22.1. The van der Waals surface area contributed by atoms with E-state index in [0.717, 1.165) is 23.9 Å². The number of carbonyl (C=O) groups is 1. The van der Waals surface area contributed by atoms with Crippen molar-refractivity contribution in [2.45, 2.75) is 0 Å². The number of nitro benzene ring substituents is 2. The van der Waals surface area contributed by atoms with Crippen LogP contribution in [0.15, 0.2) is 60.0 Å². The minimum absolute atomic E-state index is 0.139. The lowest BCUT2D eigenvalue weighted by Crippen LogP contribution is -2.27. The van der Waals surface area contributed by atoms with Gasteiger partial charge in [-0.1, -0.05) is 42.2 Å². The van der Waals surface area contributed by atoms with Crippen LogP contribution in [0.2, 0.25) is 0 Å². The molecule has 2 aromatic carbocycles. The largest absolute Gasteiger partial charge is 0.450 e. The summed E-state index contributed by atoms with van der Waals surface area (Å²) in [5.41, 5.74) is -0.319. The van der Waals surface area contributed by atoms with E-state index in [1.54, 1.807) is 36.4 Å². The van der Waals surface area contributed by atoms with Gasteiger partial charge in [0.1, 0.15) is 10.1 Å². The van der Waals surface area contributed by atoms with Crippen LogP contribution in [0.3, 0.4) is 0 Å². The first kappa shape index (κ1) is 21.1. The molecule has 3 rings (SSSR count). The molecular weight excluding hydrogens is 430 g/mol. The Morgan fingerprint density at radius 2 is 1.93 bits per heavy atom. The smallest absolute Gasteiger partial charge is 0.318 e. The molecule has 9 nitrogen and oxygen atoms in total. The number of ether oxygens (including phenoxy) is 1. The quantitative estimate of drug-likeness (QED) is 0.199. The monoisotopic (exact) mass is 443 g/mol. The summed E-state index contributed by atoms with van der Waals surface area (Å²) in [4.78, 5) is 34.9. The fraction of sp³-hybridized carbons (Fsp3) is 0.0526. The average molecular weight is 443 g/mol. The molecule has 0 aliphatic carbocycles. The second-order valence-corrected chi connectivity index (χ2v) is 7.60. The van der Waals surface area contributed by atoms with E-state index < -0.39 is 21.2 Å². The van der Waals surface area contributed by atoms with E-state index in [-0.39, 0.29) is 17.4 Å². The lowest BCUT2D eigenvalue weighted by molar-refractivity contribution is -0.394. The van der Waals surface area contributed by atoms with Gasteiger partial charge < -0.3 is 4.74 Å². The van der Waals surface area contributed by atoms with Gasteiger partial charge >= 0.3 is 5.69 Å². The fourth-order valence-electron chi connectivity index (χ4n) is 2.58. The minimum Gasteiger partial charge on any atom is -0.450 e. The van der Waals surface area contributed by atoms with Gasteiger partial charge in [-0.25, -0.2) is 0 Å². The first-order chi connectivity index (χ1) is 14.3. The van der Waals surface area contributed by atoms with Crippen LogP contribution in [0, 0.1) is 20.2 Å². The number of thioether (sulfide) groups is 1. The number of hydrogen-bond donors (Lipinski definition) is 0. The van der Waals surface area contributed by atoms with Crippen molar-refractivity contribution >= 4 is 51.7 Å². The van der Waals surface area contributed by atoms with E-state index >= 15 is 0 Å². The van der Waals surface area contributed by atoms with E-state index in [1.165, 1.54) is 11.0 Å². The normalized spacial score (nSPS) is 14.8. The Labute approximate surface area is 179 Å². The number of carbonyl (C=O) groups excluding carboxylic acids is 1. The number of nitro groups is 2. The summed E-state index contributed by atoms with van der Waals surface area (Å²) in [6, 6.07) is 9.68. The van der Waals surface area contributed by atoms with Gasteiger partial charge in [0, 0.05) is 12.6 Å². The van der Waals surface area contributed by atoms with Gasteiger partial charge in [-0.3, -0.25) is 29.9 Å². The van der Waals surface area contributed by atoms with E-state index in [1.807, 2.05) is 0 Å². The maximum atomic E-state index is 12.4. The SMILES string of the molecule is C=CCN1C(=O)/C(=C/c2cccc(Oc3ccc([N+](=O)[O-])cc3[N+](=O)[O-])c2)SC1=S. The molecular formula is C19H13N3O6S2. The molecule has 1 aliphatic rings. The van der Waals surface area contributed by atoms with Gasteiger partial charge in [-0.15, -0.1) is 6.58 Å². The van der Waals surface area contributed by atoms with E-state index in [2.05, 4.69) is 6.58 Å². The Morgan fingerprint density at radius 1 is 1.17 bits per heavy atom. The van der Waals surface area contributed by atoms with Gasteiger partial charge in [0.15, 0.2) is 0 Å². The molecule has 1 heterocycles. The van der Waals surface area contributed by atoms with Crippen molar-refractivity contribution < 1.29 is 19.4 Å². The van der Waals surface area contributed by atoms with E-state index in [4.69, 9.17) is 17.0 Å². The predicted octanol–water partition coefficient (Wildman–Crippen LogP) is 4.68. The number of thiocarbonyl (C=S) groups is 1. The van der Waals surface area contributed by atoms with Crippen molar-refractivity contribution in [1.82, 2.24) is 4.90 Å². The fourth-order valence-corrected chi connectivity index (χ4v) is 3.86. The average Bonchev–Trinajstić information content (AvgIpc) is 2.96. The maximum absolute atomic E-state index is 12.4. The molecule has 1 saturated heterocycles. The van der Waals surface area contributed by atoms with Crippen molar-refractivity contribution in [1.29, 1.82) is 0 Å². The number of rotatable bonds is 7. The Hall–Kier alpha value is -3.57. The summed E-state index contributed by atoms with van der Waals surface area (Å²) in [6.07, 6.45) is 3.22. The number of hydrogen-bond acceptors (Lipinski definition) is 8. The Bertz CT molecular complexity index is 1120. The molecule has 0 atom stereocenters. The second kappa shape index (κ2) is 8.84. The maximum Gasteiger partial charge on any atom is 0.318 e. The van der Waals surface area contributed by atoms with Gasteiger partial charge in [0.05, 0.1) is 20.8 Å². The molecule has 1 amide bonds. The standard InChI is InChI=1S/C19H13N3O6S2/c1-2-8-20-18(23)17(30-19(20)29)10-12-4-3-5-14(9-12)28-16-7-6-13(21(24)25)11-15(16)22(26)27/h2-7,9-11H,1,8H2/b17-10-. The van der Waals surface area contributed by atoms with Crippen molar-refractivity contribution in [3.05, 3.63) is 85.8 Å². The van der Waals surface area contributed by atoms with Crippen LogP contribution in [0.1, 0.15) is 5.56 Å². The number of amides is 1. The topological polar surface area (TPSA) is 116 Å². The van der Waals surface area contributed by atoms with Crippen LogP contribution < -0.4 is 4.74 Å². The third-order valence-electron chi connectivity index (χ3n) is 3.92. The predicted molar refractivity (Wildman–Crippen MR) is 116 cm³/mol. The van der Waals surface area contributed by atoms with E-state index in [9.17, 15) is 25.0 Å². The minimum atomic E-state index is -0.753. The third kappa shape index (κ3) is 4.53. The Morgan fingerprint density at radius 3 is 2.60 bits per heavy atom. The highest BCUT2D eigenvalue weighted by Crippen LogP contribution is 2.36. The molecule has 30 heavy (non-hydrogen) atoms. The molecule has 0 saturated carbocycles. The summed E-state index contributed by atoms with van der Waals surface area (Å²) >= 11 is 6.36. The molecule has 0 aromatic heterocycles. The summed E-state index contributed by atoms with van der Waals surface area (Å²) in [6.45, 7) is 3.92. The van der Waals surface area contributed by atoms with E-state index in [0.29, 0.717) is 21.3 Å². The highest BCUT2D eigenvalue weighted by atomic mass is 32.2. The van der Waals surface area contributed by atoms with Crippen molar-refractivity contribution in [3.8, 4) is 11.5 Å². The van der Waals surface area contributed by atoms with Crippen LogP contribution in [0.4, 0.5) is 11.4 Å². The third-order valence-corrected chi connectivity index (χ3v) is 5.30. The van der Waals surface area contributed by atoms with Crippen molar-refractivity contribution in [2.75, 3.05) is 6.54 Å². The molecule has 152 valence electrons. The molecule has 0 spiro atoms. The zero-order chi connectivity index (χ0) is 21.8. The summed E-state index contributed by atoms with van der Waals surface area (Å²) < 4.78 is 6.01. The molecule has 0 radical (unpaired) electrons. The van der Waals surface area contributed by atoms with Gasteiger partial charge in [-0.05, 0) is 29.8 Å². The van der Waals surface area contributed by atoms with Crippen LogP contribution in [-0.2, 0) is 4.79 Å². The lowest BCUT2D eigenvalue weighted by Gasteiger charge is -2.10. The molecule has 1 aliphatic heterocycles. The van der Waals surface area contributed by atoms with Crippen LogP contribution in [0.25, 0.3) is 6.08 Å². The molecule has 2 aromatic rings. The first-order valence-electron chi connectivity index (χ1n) is 8.37. The Balaban J connectivity index is 1.88. The van der Waals surface area contributed by atoms with Crippen LogP contribution in [0.5, 0.6) is 11.5 Å². The number of nitrogens with zero attached hydrogens (tertiary/aromatic N) is 3. The van der Waals surface area contributed by atoms with Crippen molar-refractivity contribution in [3.63, 3.8) is 0 Å². The molecule has 1 fully saturated rings. The number of benzene rings is 2. The lowest BCUT2D eigenvalue weighted by atomic mass is 10.2. The molecule has 0 unspecified atom stereocenters. The first-order valence-corrected chi connectivity index (χ1v) is 9.59. The second-order valence-electron chi connectivity index (χ2n) is 5.92. The van der Waals surface area contributed by atoms with Gasteiger partial charge in [0.2, 0.25) is 5.75 Å². The summed E-state index contributed by atoms with van der Waals surface area (Å²) in [7, 11) is 0. The highest BCUT2D eigenvalue weighted by molar-refractivity contribution is 8.26. The van der Waals surface area contributed by atoms with Gasteiger partial charge in [-0.2, -0.15) is 0 Å². The van der Waals surface area contributed by atoms with Crippen LogP contribution in [-0.4, -0.2) is 31.5 Å². The Kier molecular flexibility index (Phi) is 6.23. The van der Waals surface area contributed by atoms with Gasteiger partial charge in [0.25, 0.3) is 11.6 Å². The van der Waals surface area contributed by atoms with Crippen molar-refractivity contribution in [2.24, 2.45) is 0 Å². The molecule has 11 heteroatoms. The zero-order valence-corrected chi connectivity index (χ0v) is 16.9. The molecule has 0 bridgehead atoms. The highest BCUT2D eigenvalue weighted by Gasteiger charge is 2.31. The summed E-state index contributed by atoms with van der Waals surface area (Å²) in [5.74, 6) is -0.107. The zero-order valence-electron chi connectivity index (χ0n) is 15.2. The molecule has 0 N–H and O–H groups in total. The van der Waals surface area contributed by atoms with Crippen LogP contribution >= 0.6 is 24.0 Å².